The minimum absolute atomic E-state index is 0.0801. The number of rotatable bonds is 3. The number of aromatic hydroxyl groups is 1. The molecule has 1 amide bonds. The number of hydrogen-bond donors (Lipinski definition) is 2. The molecule has 1 saturated heterocycles. The molecule has 2 N–H and O–H groups in total. The number of amides is 1. The summed E-state index contributed by atoms with van der Waals surface area (Å²) in [6, 6.07) is 15.0. The second kappa shape index (κ2) is 8.66. The molecule has 30 heavy (non-hydrogen) atoms. The maximum absolute atomic E-state index is 12.1. The van der Waals surface area contributed by atoms with Crippen LogP contribution in [0, 0.1) is 0 Å². The van der Waals surface area contributed by atoms with E-state index in [0.717, 1.165) is 16.8 Å². The summed E-state index contributed by atoms with van der Waals surface area (Å²) in [6.07, 6.45) is 1.73. The van der Waals surface area contributed by atoms with Crippen LogP contribution in [0.15, 0.2) is 53.5 Å². The molecule has 1 fully saturated rings. The van der Waals surface area contributed by atoms with Crippen molar-refractivity contribution in [1.82, 2.24) is 10.2 Å². The third-order valence-electron chi connectivity index (χ3n) is 5.80. The number of likely N-dealkylation sites (tertiary alicyclic amines) is 1. The summed E-state index contributed by atoms with van der Waals surface area (Å²) in [7, 11) is 0. The number of piperidine rings is 1. The number of benzene rings is 2. The lowest BCUT2D eigenvalue weighted by Gasteiger charge is -2.45. The molecule has 2 aromatic carbocycles. The number of phenolic OH excluding ortho intramolecular Hbond substituents is 1. The van der Waals surface area contributed by atoms with Crippen LogP contribution in [0.25, 0.3) is 0 Å². The van der Waals surface area contributed by atoms with Gasteiger partial charge in [0.25, 0.3) is 0 Å². The number of carbonyl (C=O) groups is 1. The smallest absolute Gasteiger partial charge is 0.409 e. The highest BCUT2D eigenvalue weighted by atomic mass is 35.5. The minimum Gasteiger partial charge on any atom is -0.508 e. The Kier molecular flexibility index (Phi) is 5.97. The summed E-state index contributed by atoms with van der Waals surface area (Å²) in [5.74, 6) is 0.270. The third kappa shape index (κ3) is 4.30. The van der Waals surface area contributed by atoms with E-state index in [1.54, 1.807) is 11.0 Å². The molecule has 0 radical (unpaired) electrons. The molecule has 2 heterocycles. The molecule has 0 unspecified atom stereocenters. The standard InChI is InChI=1S/C23H26ClN3O3/c1-2-30-22(29)27-13-11-23(12-14-27)25-19(16-7-9-17(24)10-8-16)15-20(26-23)18-5-3-4-6-21(18)28/h3-10,20,26,28H,2,11-15H2,1H3/t20-/m1/s1. The van der Waals surface area contributed by atoms with Crippen molar-refractivity contribution in [2.45, 2.75) is 37.9 Å². The average molecular weight is 428 g/mol. The van der Waals surface area contributed by atoms with Crippen LogP contribution in [0.3, 0.4) is 0 Å². The molecular weight excluding hydrogens is 402 g/mol. The van der Waals surface area contributed by atoms with Crippen molar-refractivity contribution in [3.63, 3.8) is 0 Å². The van der Waals surface area contributed by atoms with E-state index in [0.29, 0.717) is 44.0 Å². The van der Waals surface area contributed by atoms with Gasteiger partial charge in [0.05, 0.1) is 6.61 Å². The monoisotopic (exact) mass is 427 g/mol. The summed E-state index contributed by atoms with van der Waals surface area (Å²) in [5, 5.41) is 14.8. The predicted molar refractivity (Wildman–Crippen MR) is 117 cm³/mol. The number of phenols is 1. The van der Waals surface area contributed by atoms with E-state index in [2.05, 4.69) is 5.32 Å². The van der Waals surface area contributed by atoms with E-state index in [-0.39, 0.29) is 17.9 Å². The van der Waals surface area contributed by atoms with Gasteiger partial charge >= 0.3 is 6.09 Å². The molecule has 1 atom stereocenters. The number of ether oxygens (including phenoxy) is 1. The highest BCUT2D eigenvalue weighted by Gasteiger charge is 2.41. The Morgan fingerprint density at radius 2 is 1.93 bits per heavy atom. The van der Waals surface area contributed by atoms with E-state index in [4.69, 9.17) is 21.3 Å². The second-order valence-corrected chi connectivity index (χ2v) is 8.18. The zero-order valence-corrected chi connectivity index (χ0v) is 17.7. The molecule has 1 spiro atoms. The largest absolute Gasteiger partial charge is 0.508 e. The molecule has 2 aliphatic heterocycles. The van der Waals surface area contributed by atoms with Crippen LogP contribution in [0.4, 0.5) is 4.79 Å². The molecule has 6 nitrogen and oxygen atoms in total. The lowest BCUT2D eigenvalue weighted by Crippen LogP contribution is -2.56. The lowest BCUT2D eigenvalue weighted by atomic mass is 9.87. The van der Waals surface area contributed by atoms with Gasteiger partial charge in [-0.1, -0.05) is 41.9 Å². The molecule has 158 valence electrons. The Bertz CT molecular complexity index is 937. The highest BCUT2D eigenvalue weighted by Crippen LogP contribution is 2.37. The normalized spacial score (nSPS) is 20.7. The topological polar surface area (TPSA) is 74.2 Å². The van der Waals surface area contributed by atoms with Gasteiger partial charge in [0, 0.05) is 54.7 Å². The van der Waals surface area contributed by atoms with Crippen molar-refractivity contribution in [2.75, 3.05) is 19.7 Å². The fourth-order valence-corrected chi connectivity index (χ4v) is 4.36. The number of para-hydroxylation sites is 1. The molecule has 0 aromatic heterocycles. The van der Waals surface area contributed by atoms with Gasteiger partial charge in [-0.05, 0) is 30.7 Å². The first-order valence-electron chi connectivity index (χ1n) is 10.3. The summed E-state index contributed by atoms with van der Waals surface area (Å²) in [5.41, 5.74) is 2.35. The van der Waals surface area contributed by atoms with Crippen LogP contribution < -0.4 is 5.32 Å². The maximum Gasteiger partial charge on any atom is 0.409 e. The Morgan fingerprint density at radius 3 is 2.60 bits per heavy atom. The first-order chi connectivity index (χ1) is 14.5. The molecule has 7 heteroatoms. The first kappa shape index (κ1) is 20.7. The van der Waals surface area contributed by atoms with E-state index in [1.165, 1.54) is 0 Å². The van der Waals surface area contributed by atoms with Crippen molar-refractivity contribution < 1.29 is 14.6 Å². The molecule has 4 rings (SSSR count). The van der Waals surface area contributed by atoms with Gasteiger partial charge in [-0.3, -0.25) is 10.3 Å². The number of carbonyl (C=O) groups excluding carboxylic acids is 1. The molecular formula is C23H26ClN3O3. The number of halogens is 1. The molecule has 0 saturated carbocycles. The molecule has 0 bridgehead atoms. The van der Waals surface area contributed by atoms with Crippen molar-refractivity contribution in [3.8, 4) is 5.75 Å². The van der Waals surface area contributed by atoms with Crippen molar-refractivity contribution in [1.29, 1.82) is 0 Å². The summed E-state index contributed by atoms with van der Waals surface area (Å²) < 4.78 is 5.15. The third-order valence-corrected chi connectivity index (χ3v) is 6.05. The Morgan fingerprint density at radius 1 is 1.23 bits per heavy atom. The molecule has 2 aliphatic rings. The van der Waals surface area contributed by atoms with Crippen LogP contribution in [-0.2, 0) is 4.74 Å². The zero-order chi connectivity index (χ0) is 21.1. The van der Waals surface area contributed by atoms with Crippen LogP contribution >= 0.6 is 11.6 Å². The maximum atomic E-state index is 12.1. The lowest BCUT2D eigenvalue weighted by molar-refractivity contribution is 0.0778. The fourth-order valence-electron chi connectivity index (χ4n) is 4.23. The van der Waals surface area contributed by atoms with Gasteiger partial charge in [0.15, 0.2) is 0 Å². The Hall–Kier alpha value is -2.57. The number of aliphatic imine (C=N–C) groups is 1. The summed E-state index contributed by atoms with van der Waals surface area (Å²) in [6.45, 7) is 3.31. The first-order valence-corrected chi connectivity index (χ1v) is 10.7. The summed E-state index contributed by atoms with van der Waals surface area (Å²) >= 11 is 6.07. The van der Waals surface area contributed by atoms with Gasteiger partial charge in [0.2, 0.25) is 0 Å². The highest BCUT2D eigenvalue weighted by molar-refractivity contribution is 6.30. The van der Waals surface area contributed by atoms with Crippen LogP contribution in [0.5, 0.6) is 5.75 Å². The van der Waals surface area contributed by atoms with Crippen molar-refractivity contribution in [3.05, 3.63) is 64.7 Å². The minimum atomic E-state index is -0.497. The van der Waals surface area contributed by atoms with Gasteiger partial charge in [-0.25, -0.2) is 4.79 Å². The van der Waals surface area contributed by atoms with Crippen LogP contribution in [-0.4, -0.2) is 47.2 Å². The zero-order valence-electron chi connectivity index (χ0n) is 17.0. The summed E-state index contributed by atoms with van der Waals surface area (Å²) in [4.78, 5) is 19.0. The Balaban J connectivity index is 1.64. The molecule has 0 aliphatic carbocycles. The van der Waals surface area contributed by atoms with E-state index >= 15 is 0 Å². The Labute approximate surface area is 181 Å². The number of nitrogens with one attached hydrogen (secondary N) is 1. The fraction of sp³-hybridized carbons (Fsp3) is 0.391. The van der Waals surface area contributed by atoms with Gasteiger partial charge in [-0.2, -0.15) is 0 Å². The van der Waals surface area contributed by atoms with Crippen LogP contribution in [0.2, 0.25) is 5.02 Å². The van der Waals surface area contributed by atoms with E-state index in [9.17, 15) is 9.90 Å². The molecule has 2 aromatic rings. The van der Waals surface area contributed by atoms with Crippen molar-refractivity contribution in [2.24, 2.45) is 4.99 Å². The number of hydrogen-bond acceptors (Lipinski definition) is 5. The quantitative estimate of drug-likeness (QED) is 0.755. The second-order valence-electron chi connectivity index (χ2n) is 7.74. The van der Waals surface area contributed by atoms with Crippen LogP contribution in [0.1, 0.15) is 43.4 Å². The van der Waals surface area contributed by atoms with E-state index in [1.807, 2.05) is 49.4 Å². The van der Waals surface area contributed by atoms with E-state index < -0.39 is 5.66 Å². The number of nitrogens with zero attached hydrogens (tertiary/aromatic N) is 2. The van der Waals surface area contributed by atoms with Gasteiger partial charge in [-0.15, -0.1) is 0 Å². The predicted octanol–water partition coefficient (Wildman–Crippen LogP) is 4.52. The average Bonchev–Trinajstić information content (AvgIpc) is 2.75. The van der Waals surface area contributed by atoms with Gasteiger partial charge in [0.1, 0.15) is 11.4 Å². The van der Waals surface area contributed by atoms with Crippen molar-refractivity contribution >= 4 is 23.4 Å². The van der Waals surface area contributed by atoms with Gasteiger partial charge < -0.3 is 14.7 Å². The SMILES string of the molecule is CCOC(=O)N1CCC2(CC1)N=C(c1ccc(Cl)cc1)C[C@H](c1ccccc1O)N2.